The number of amides is 1. The largest absolute Gasteiger partial charge is 0.478 e. The molecule has 1 aliphatic rings. The summed E-state index contributed by atoms with van der Waals surface area (Å²) in [5, 5.41) is 10.0. The molecule has 12 heteroatoms. The number of aromatic nitrogens is 1. The van der Waals surface area contributed by atoms with Crippen LogP contribution in [0.2, 0.25) is 0 Å². The Morgan fingerprint density at radius 3 is 2.12 bits per heavy atom. The maximum absolute atomic E-state index is 13.6. The first-order valence-corrected chi connectivity index (χ1v) is 13.0. The van der Waals surface area contributed by atoms with E-state index in [0.717, 1.165) is 22.0 Å². The van der Waals surface area contributed by atoms with Crippen molar-refractivity contribution in [1.82, 2.24) is 14.8 Å². The van der Waals surface area contributed by atoms with Crippen LogP contribution >= 0.6 is 0 Å². The minimum atomic E-state index is -5.07. The van der Waals surface area contributed by atoms with E-state index in [-0.39, 0.29) is 24.7 Å². The number of carboxylic acid groups (broad SMARTS) is 1. The van der Waals surface area contributed by atoms with Gasteiger partial charge in [-0.25, -0.2) is 4.79 Å². The molecule has 0 unspecified atom stereocenters. The fourth-order valence-corrected chi connectivity index (χ4v) is 5.31. The van der Waals surface area contributed by atoms with E-state index in [1.165, 1.54) is 17.0 Å². The normalized spacial score (nSPS) is 16.6. The number of nitrogens with one attached hydrogen (secondary N) is 1. The molecular weight excluding hydrogens is 564 g/mol. The van der Waals surface area contributed by atoms with Gasteiger partial charge in [0.1, 0.15) is 0 Å². The van der Waals surface area contributed by atoms with Crippen molar-refractivity contribution in [2.24, 2.45) is 0 Å². The topological polar surface area (TPSA) is 76.6 Å². The zero-order chi connectivity index (χ0) is 30.2. The van der Waals surface area contributed by atoms with E-state index in [9.17, 15) is 35.9 Å². The minimum absolute atomic E-state index is 0.00771. The van der Waals surface area contributed by atoms with Crippen LogP contribution in [0.1, 0.15) is 43.0 Å². The first-order valence-electron chi connectivity index (χ1n) is 13.0. The predicted molar refractivity (Wildman–Crippen MR) is 142 cm³/mol. The third-order valence-corrected chi connectivity index (χ3v) is 7.40. The van der Waals surface area contributed by atoms with E-state index in [1.807, 2.05) is 29.2 Å². The highest BCUT2D eigenvalue weighted by Gasteiger charge is 2.39. The molecule has 1 aromatic heterocycles. The molecule has 6 nitrogen and oxygen atoms in total. The number of carbonyl (C=O) groups is 2. The molecular formula is C30H25F6N3O3. The smallest absolute Gasteiger partial charge is 0.416 e. The molecule has 5 rings (SSSR count). The van der Waals surface area contributed by atoms with Gasteiger partial charge in [-0.15, -0.1) is 0 Å². The maximum Gasteiger partial charge on any atom is 0.416 e. The Labute approximate surface area is 236 Å². The van der Waals surface area contributed by atoms with Gasteiger partial charge >= 0.3 is 18.3 Å². The van der Waals surface area contributed by atoms with Gasteiger partial charge in [0.2, 0.25) is 0 Å². The van der Waals surface area contributed by atoms with Crippen LogP contribution in [0.5, 0.6) is 0 Å². The Balaban J connectivity index is 1.46. The Hall–Kier alpha value is -4.32. The highest BCUT2D eigenvalue weighted by Crippen LogP contribution is 2.37. The Bertz CT molecular complexity index is 1580. The molecule has 0 spiro atoms. The van der Waals surface area contributed by atoms with Gasteiger partial charge in [-0.3, -0.25) is 9.69 Å². The second kappa shape index (κ2) is 11.2. The zero-order valence-corrected chi connectivity index (χ0v) is 22.0. The van der Waals surface area contributed by atoms with Gasteiger partial charge in [0.25, 0.3) is 5.91 Å². The number of nitrogens with zero attached hydrogens (tertiary/aromatic N) is 2. The molecule has 220 valence electrons. The van der Waals surface area contributed by atoms with Crippen molar-refractivity contribution in [1.29, 1.82) is 0 Å². The van der Waals surface area contributed by atoms with Gasteiger partial charge in [0.15, 0.2) is 0 Å². The van der Waals surface area contributed by atoms with Crippen molar-refractivity contribution in [3.8, 4) is 0 Å². The summed E-state index contributed by atoms with van der Waals surface area (Å²) < 4.78 is 81.1. The fraction of sp³-hybridized carbons (Fsp3) is 0.267. The molecule has 0 saturated carbocycles. The van der Waals surface area contributed by atoms with Crippen LogP contribution in [-0.2, 0) is 25.3 Å². The molecule has 3 aromatic carbocycles. The first kappa shape index (κ1) is 29.2. The number of alkyl halides is 6. The van der Waals surface area contributed by atoms with Gasteiger partial charge in [-0.1, -0.05) is 30.3 Å². The molecule has 42 heavy (non-hydrogen) atoms. The SMILES string of the molecule is O=C(O)c1ccc(CN2CCN(C(=O)c3cc(C(F)(F)F)cc(C(F)(F)F)c3)[C@H](Cc3c[nH]c4ccccc34)C2)cc1. The number of halogens is 6. The molecule has 1 amide bonds. The van der Waals surface area contributed by atoms with Crippen molar-refractivity contribution in [2.45, 2.75) is 31.4 Å². The summed E-state index contributed by atoms with van der Waals surface area (Å²) in [7, 11) is 0. The van der Waals surface area contributed by atoms with Crippen LogP contribution in [0.25, 0.3) is 10.9 Å². The number of hydrogen-bond donors (Lipinski definition) is 2. The van der Waals surface area contributed by atoms with Crippen LogP contribution in [0.15, 0.2) is 72.9 Å². The fourth-order valence-electron chi connectivity index (χ4n) is 5.31. The van der Waals surface area contributed by atoms with Crippen LogP contribution in [0, 0.1) is 0 Å². The summed E-state index contributed by atoms with van der Waals surface area (Å²) in [6.07, 6.45) is -8.07. The van der Waals surface area contributed by atoms with Crippen molar-refractivity contribution < 1.29 is 41.0 Å². The number of fused-ring (bicyclic) bond motifs is 1. The summed E-state index contributed by atoms with van der Waals surface area (Å²) in [6, 6.07) is 14.1. The van der Waals surface area contributed by atoms with Crippen molar-refractivity contribution in [3.63, 3.8) is 0 Å². The quantitative estimate of drug-likeness (QED) is 0.253. The Kier molecular flexibility index (Phi) is 7.76. The second-order valence-corrected chi connectivity index (χ2v) is 10.2. The third kappa shape index (κ3) is 6.28. The van der Waals surface area contributed by atoms with Gasteiger partial charge < -0.3 is 15.0 Å². The van der Waals surface area contributed by atoms with Gasteiger partial charge in [0.05, 0.1) is 16.7 Å². The van der Waals surface area contributed by atoms with E-state index in [1.54, 1.807) is 18.3 Å². The number of H-pyrrole nitrogens is 1. The van der Waals surface area contributed by atoms with Gasteiger partial charge in [-0.05, 0) is 53.9 Å². The number of rotatable bonds is 6. The highest BCUT2D eigenvalue weighted by molar-refractivity contribution is 5.95. The molecule has 2 heterocycles. The van der Waals surface area contributed by atoms with Crippen LogP contribution in [0.4, 0.5) is 26.3 Å². The number of benzene rings is 3. The monoisotopic (exact) mass is 589 g/mol. The average Bonchev–Trinajstić information content (AvgIpc) is 3.34. The highest BCUT2D eigenvalue weighted by atomic mass is 19.4. The van der Waals surface area contributed by atoms with Gasteiger partial charge in [-0.2, -0.15) is 26.3 Å². The molecule has 1 fully saturated rings. The Morgan fingerprint density at radius 1 is 0.857 bits per heavy atom. The third-order valence-electron chi connectivity index (χ3n) is 7.40. The van der Waals surface area contributed by atoms with E-state index < -0.39 is 47.0 Å². The number of carboxylic acids is 1. The van der Waals surface area contributed by atoms with Crippen LogP contribution in [0.3, 0.4) is 0 Å². The lowest BCUT2D eigenvalue weighted by atomic mass is 9.98. The molecule has 2 N–H and O–H groups in total. The summed E-state index contributed by atoms with van der Waals surface area (Å²) in [5.41, 5.74) is -1.12. The first-order chi connectivity index (χ1) is 19.8. The number of hydrogen-bond acceptors (Lipinski definition) is 3. The lowest BCUT2D eigenvalue weighted by Crippen LogP contribution is -2.55. The maximum atomic E-state index is 13.6. The summed E-state index contributed by atoms with van der Waals surface area (Å²) in [5.74, 6) is -1.97. The summed E-state index contributed by atoms with van der Waals surface area (Å²) in [4.78, 5) is 31.3. The van der Waals surface area contributed by atoms with Gasteiger partial charge in [0, 0.05) is 54.9 Å². The molecule has 1 atom stereocenters. The standard InChI is InChI=1S/C30H25F6N3O3/c31-29(32,33)22-11-20(12-23(14-22)30(34,35)36)27(40)39-10-9-38(16-18-5-7-19(8-6-18)28(41)42)17-24(39)13-21-15-37-26-4-2-1-3-25(21)26/h1-8,11-12,14-15,24,37H,9-10,13,16-17H2,(H,41,42)/t24-/m1/s1. The number of aromatic amines is 1. The van der Waals surface area contributed by atoms with E-state index in [4.69, 9.17) is 5.11 Å². The molecule has 0 aliphatic carbocycles. The second-order valence-electron chi connectivity index (χ2n) is 10.2. The average molecular weight is 590 g/mol. The molecule has 0 radical (unpaired) electrons. The summed E-state index contributed by atoms with van der Waals surface area (Å²) in [6.45, 7) is 1.07. The molecule has 1 saturated heterocycles. The number of para-hydroxylation sites is 1. The van der Waals surface area contributed by atoms with Crippen molar-refractivity contribution in [3.05, 3.63) is 106 Å². The van der Waals surface area contributed by atoms with Crippen LogP contribution < -0.4 is 0 Å². The van der Waals surface area contributed by atoms with Crippen LogP contribution in [-0.4, -0.2) is 57.4 Å². The summed E-state index contributed by atoms with van der Waals surface area (Å²) >= 11 is 0. The van der Waals surface area contributed by atoms with Crippen molar-refractivity contribution in [2.75, 3.05) is 19.6 Å². The number of aromatic carboxylic acids is 1. The molecule has 0 bridgehead atoms. The lowest BCUT2D eigenvalue weighted by molar-refractivity contribution is -0.143. The molecule has 1 aliphatic heterocycles. The van der Waals surface area contributed by atoms with Crippen molar-refractivity contribution >= 4 is 22.8 Å². The zero-order valence-electron chi connectivity index (χ0n) is 22.0. The predicted octanol–water partition coefficient (Wildman–Crippen LogP) is 6.47. The van der Waals surface area contributed by atoms with E-state index >= 15 is 0 Å². The van der Waals surface area contributed by atoms with E-state index in [2.05, 4.69) is 4.98 Å². The Morgan fingerprint density at radius 2 is 1.50 bits per heavy atom. The van der Waals surface area contributed by atoms with E-state index in [0.29, 0.717) is 31.6 Å². The number of piperazine rings is 1. The number of carbonyl (C=O) groups excluding carboxylic acids is 1. The minimum Gasteiger partial charge on any atom is -0.478 e. The lowest BCUT2D eigenvalue weighted by Gasteiger charge is -2.42. The molecule has 4 aromatic rings.